The van der Waals surface area contributed by atoms with Crippen molar-refractivity contribution >= 4 is 5.91 Å². The second-order valence-corrected chi connectivity index (χ2v) is 6.80. The third kappa shape index (κ3) is 4.92. The molecule has 7 heteroatoms. The highest BCUT2D eigenvalue weighted by Crippen LogP contribution is 2.31. The van der Waals surface area contributed by atoms with Crippen LogP contribution < -0.4 is 5.48 Å². The number of hydrogen-bond acceptors (Lipinski definition) is 6. The Balaban J connectivity index is 1.61. The zero-order valence-electron chi connectivity index (χ0n) is 14.3. The Kier molecular flexibility index (Phi) is 6.22. The third-order valence-corrected chi connectivity index (χ3v) is 4.98. The molecule has 0 bridgehead atoms. The topological polar surface area (TPSA) is 101 Å². The molecule has 2 N–H and O–H groups in total. The minimum absolute atomic E-state index is 0.126. The second kappa shape index (κ2) is 8.80. The molecule has 0 aliphatic heterocycles. The zero-order valence-corrected chi connectivity index (χ0v) is 14.3. The van der Waals surface area contributed by atoms with Crippen LogP contribution in [0.4, 0.5) is 0 Å². The van der Waals surface area contributed by atoms with Gasteiger partial charge in [-0.05, 0) is 24.5 Å². The molecule has 0 saturated heterocycles. The zero-order chi connectivity index (χ0) is 17.5. The molecule has 1 aliphatic carbocycles. The van der Waals surface area contributed by atoms with Gasteiger partial charge in [0.1, 0.15) is 0 Å². The van der Waals surface area contributed by atoms with Crippen molar-refractivity contribution in [2.75, 3.05) is 0 Å². The van der Waals surface area contributed by atoms with Crippen molar-refractivity contribution in [1.29, 1.82) is 0 Å². The maximum Gasteiger partial charge on any atom is 0.244 e. The van der Waals surface area contributed by atoms with Gasteiger partial charge in [0.2, 0.25) is 17.6 Å². The number of nitrogens with one attached hydrogen (secondary N) is 1. The highest BCUT2D eigenvalue weighted by Gasteiger charge is 2.24. The highest BCUT2D eigenvalue weighted by molar-refractivity contribution is 5.75. The van der Waals surface area contributed by atoms with E-state index in [0.717, 1.165) is 25.2 Å². The summed E-state index contributed by atoms with van der Waals surface area (Å²) in [6.45, 7) is 0. The molecular weight excluding hydrogens is 322 g/mol. The average molecular weight is 347 g/mol. The largest absolute Gasteiger partial charge is 0.461 e. The van der Waals surface area contributed by atoms with Crippen LogP contribution in [-0.4, -0.2) is 21.3 Å². The molecule has 0 spiro atoms. The van der Waals surface area contributed by atoms with Crippen LogP contribution in [0.15, 0.2) is 27.3 Å². The van der Waals surface area contributed by atoms with E-state index in [-0.39, 0.29) is 12.3 Å². The summed E-state index contributed by atoms with van der Waals surface area (Å²) >= 11 is 0. The Hall–Kier alpha value is -2.15. The number of carbonyl (C=O) groups excluding carboxylic acids is 1. The Morgan fingerprint density at radius 3 is 2.92 bits per heavy atom. The summed E-state index contributed by atoms with van der Waals surface area (Å²) in [5, 5.41) is 12.8. The molecule has 1 atom stereocenters. The van der Waals surface area contributed by atoms with Gasteiger partial charge in [-0.15, -0.1) is 0 Å². The fourth-order valence-electron chi connectivity index (χ4n) is 3.62. The van der Waals surface area contributed by atoms with E-state index < -0.39 is 5.91 Å². The molecule has 2 aromatic rings. The molecule has 1 amide bonds. The number of carbonyl (C=O) groups is 1. The van der Waals surface area contributed by atoms with E-state index in [1.165, 1.54) is 32.1 Å². The van der Waals surface area contributed by atoms with E-state index in [4.69, 9.17) is 14.1 Å². The number of hydroxylamine groups is 1. The average Bonchev–Trinajstić information content (AvgIpc) is 3.33. The van der Waals surface area contributed by atoms with Gasteiger partial charge in [0.15, 0.2) is 5.76 Å². The first-order valence-electron chi connectivity index (χ1n) is 9.06. The predicted molar refractivity (Wildman–Crippen MR) is 89.7 cm³/mol. The first kappa shape index (κ1) is 17.7. The van der Waals surface area contributed by atoms with Crippen molar-refractivity contribution in [2.24, 2.45) is 5.92 Å². The Bertz CT molecular complexity index is 647. The smallest absolute Gasteiger partial charge is 0.244 e. The highest BCUT2D eigenvalue weighted by atomic mass is 16.5. The van der Waals surface area contributed by atoms with Gasteiger partial charge in [-0.2, -0.15) is 4.98 Å². The summed E-state index contributed by atoms with van der Waals surface area (Å²) in [5.41, 5.74) is 1.69. The monoisotopic (exact) mass is 347 g/mol. The predicted octanol–water partition coefficient (Wildman–Crippen LogP) is 4.06. The van der Waals surface area contributed by atoms with Gasteiger partial charge in [0, 0.05) is 12.3 Å². The number of nitrogens with zero attached hydrogens (tertiary/aromatic N) is 2. The second-order valence-electron chi connectivity index (χ2n) is 6.80. The van der Waals surface area contributed by atoms with Gasteiger partial charge in [-0.3, -0.25) is 10.0 Å². The lowest BCUT2D eigenvalue weighted by Gasteiger charge is -2.22. The van der Waals surface area contributed by atoms with Crippen molar-refractivity contribution in [3.8, 4) is 11.6 Å². The summed E-state index contributed by atoms with van der Waals surface area (Å²) in [6, 6.07) is 3.51. The Morgan fingerprint density at radius 1 is 1.36 bits per heavy atom. The number of furan rings is 1. The van der Waals surface area contributed by atoms with E-state index >= 15 is 0 Å². The number of rotatable bonds is 8. The molecule has 2 aromatic heterocycles. The third-order valence-electron chi connectivity index (χ3n) is 4.98. The number of amides is 1. The lowest BCUT2D eigenvalue weighted by atomic mass is 9.84. The molecule has 3 rings (SSSR count). The minimum Gasteiger partial charge on any atom is -0.461 e. The maximum absolute atomic E-state index is 11.6. The molecule has 2 heterocycles. The molecule has 0 aromatic carbocycles. The summed E-state index contributed by atoms with van der Waals surface area (Å²) < 4.78 is 10.6. The molecule has 1 aliphatic rings. The number of hydrogen-bond donors (Lipinski definition) is 2. The van der Waals surface area contributed by atoms with Crippen LogP contribution in [0.1, 0.15) is 69.6 Å². The van der Waals surface area contributed by atoms with Gasteiger partial charge in [-0.25, -0.2) is 5.48 Å². The summed E-state index contributed by atoms with van der Waals surface area (Å²) in [5.74, 6) is 1.47. The quantitative estimate of drug-likeness (QED) is 0.551. The molecule has 1 saturated carbocycles. The van der Waals surface area contributed by atoms with Crippen LogP contribution in [0.25, 0.3) is 11.6 Å². The van der Waals surface area contributed by atoms with Crippen LogP contribution in [0.3, 0.4) is 0 Å². The first-order valence-corrected chi connectivity index (χ1v) is 9.06. The fourth-order valence-corrected chi connectivity index (χ4v) is 3.62. The van der Waals surface area contributed by atoms with Gasteiger partial charge in [0.05, 0.1) is 6.26 Å². The van der Waals surface area contributed by atoms with E-state index in [9.17, 15) is 4.79 Å². The van der Waals surface area contributed by atoms with E-state index in [1.807, 2.05) is 0 Å². The van der Waals surface area contributed by atoms with Gasteiger partial charge >= 0.3 is 0 Å². The van der Waals surface area contributed by atoms with Crippen molar-refractivity contribution in [1.82, 2.24) is 15.6 Å². The minimum atomic E-state index is -0.444. The Morgan fingerprint density at radius 2 is 2.20 bits per heavy atom. The molecule has 7 nitrogen and oxygen atoms in total. The first-order chi connectivity index (χ1) is 12.3. The van der Waals surface area contributed by atoms with Gasteiger partial charge < -0.3 is 8.94 Å². The summed E-state index contributed by atoms with van der Waals surface area (Å²) in [7, 11) is 0. The van der Waals surface area contributed by atoms with Crippen LogP contribution in [0.5, 0.6) is 0 Å². The maximum atomic E-state index is 11.6. The van der Waals surface area contributed by atoms with Gasteiger partial charge in [0.25, 0.3) is 0 Å². The number of aromatic nitrogens is 2. The molecular formula is C18H25N3O4. The van der Waals surface area contributed by atoms with Crippen LogP contribution >= 0.6 is 0 Å². The Labute approximate surface area is 146 Å². The fraction of sp³-hybridized carbons (Fsp3) is 0.611. The SMILES string of the molecule is O=C(CC(CCCC1CCCCC1)c1nc(-c2ccco2)no1)NO. The molecule has 25 heavy (non-hydrogen) atoms. The van der Waals surface area contributed by atoms with Crippen molar-refractivity contribution in [3.63, 3.8) is 0 Å². The molecule has 1 fully saturated rings. The summed E-state index contributed by atoms with van der Waals surface area (Å²) in [4.78, 5) is 16.0. The van der Waals surface area contributed by atoms with Crippen molar-refractivity contribution < 1.29 is 18.9 Å². The van der Waals surface area contributed by atoms with Crippen LogP contribution in [0.2, 0.25) is 0 Å². The summed E-state index contributed by atoms with van der Waals surface area (Å²) in [6.07, 6.45) is 11.3. The molecule has 1 unspecified atom stereocenters. The van der Waals surface area contributed by atoms with Crippen molar-refractivity contribution in [3.05, 3.63) is 24.3 Å². The van der Waals surface area contributed by atoms with E-state index in [2.05, 4.69) is 10.1 Å². The standard InChI is InChI=1S/C18H25N3O4/c22-16(20-23)12-14(9-4-8-13-6-2-1-3-7-13)18-19-17(21-25-18)15-10-5-11-24-15/h5,10-11,13-14,23H,1-4,6-9,12H2,(H,20,22). The van der Waals surface area contributed by atoms with E-state index in [1.54, 1.807) is 23.9 Å². The van der Waals surface area contributed by atoms with Crippen LogP contribution in [-0.2, 0) is 4.79 Å². The lowest BCUT2D eigenvalue weighted by molar-refractivity contribution is -0.129. The van der Waals surface area contributed by atoms with Crippen molar-refractivity contribution in [2.45, 2.75) is 63.7 Å². The van der Waals surface area contributed by atoms with Gasteiger partial charge in [-0.1, -0.05) is 50.1 Å². The van der Waals surface area contributed by atoms with Crippen LogP contribution in [0, 0.1) is 5.92 Å². The normalized spacial score (nSPS) is 16.7. The van der Waals surface area contributed by atoms with E-state index in [0.29, 0.717) is 17.5 Å². The molecule has 136 valence electrons. The molecule has 0 radical (unpaired) electrons. The lowest BCUT2D eigenvalue weighted by Crippen LogP contribution is -2.21.